The average Bonchev–Trinajstić information content (AvgIpc) is 2.78. The van der Waals surface area contributed by atoms with Crippen molar-refractivity contribution in [2.75, 3.05) is 0 Å². The van der Waals surface area contributed by atoms with E-state index in [9.17, 15) is 28.2 Å². The zero-order valence-corrected chi connectivity index (χ0v) is 11.7. The molecule has 0 bridgehead atoms. The highest BCUT2D eigenvalue weighted by atomic mass is 19.4. The van der Waals surface area contributed by atoms with Gasteiger partial charge in [-0.1, -0.05) is 12.1 Å². The molecule has 0 spiro atoms. The monoisotopic (exact) mass is 331 g/mol. The number of rotatable bonds is 3. The van der Waals surface area contributed by atoms with Crippen molar-refractivity contribution in [1.29, 1.82) is 0 Å². The van der Waals surface area contributed by atoms with Crippen molar-refractivity contribution in [3.63, 3.8) is 0 Å². The highest BCUT2D eigenvalue weighted by molar-refractivity contribution is 5.61. The van der Waals surface area contributed by atoms with Crippen molar-refractivity contribution in [2.45, 2.75) is 19.2 Å². The molecule has 124 valence electrons. The van der Waals surface area contributed by atoms with Gasteiger partial charge in [0.15, 0.2) is 0 Å². The predicted molar refractivity (Wildman–Crippen MR) is 70.7 cm³/mol. The lowest BCUT2D eigenvalue weighted by Crippen LogP contribution is -2.21. The Bertz CT molecular complexity index is 691. The van der Waals surface area contributed by atoms with Crippen LogP contribution in [0.15, 0.2) is 36.4 Å². The molecule has 1 aromatic heterocycles. The maximum Gasteiger partial charge on any atom is 0.534 e. The summed E-state index contributed by atoms with van der Waals surface area (Å²) in [5.74, 6) is -1.10. The zero-order valence-electron chi connectivity index (χ0n) is 11.7. The summed E-state index contributed by atoms with van der Waals surface area (Å²) in [6.45, 7) is 1.35. The van der Waals surface area contributed by atoms with Gasteiger partial charge in [0.05, 0.1) is 5.56 Å². The molecule has 0 saturated heterocycles. The van der Waals surface area contributed by atoms with Crippen LogP contribution in [0.25, 0.3) is 0 Å². The van der Waals surface area contributed by atoms with Gasteiger partial charge >= 0.3 is 12.3 Å². The Morgan fingerprint density at radius 3 is 2.35 bits per heavy atom. The quantitative estimate of drug-likeness (QED) is 0.844. The van der Waals surface area contributed by atoms with Crippen molar-refractivity contribution in [2.24, 2.45) is 0 Å². The van der Waals surface area contributed by atoms with Crippen LogP contribution in [-0.2, 0) is 10.9 Å². The summed E-state index contributed by atoms with van der Waals surface area (Å²) >= 11 is 0. The number of carbonyl (C=O) groups excluding carboxylic acids is 1. The molecule has 0 amide bonds. The Morgan fingerprint density at radius 1 is 1.17 bits per heavy atom. The number of aromatic nitrogens is 1. The fraction of sp³-hybridized carbons (Fsp3) is 0.214. The first-order valence-electron chi connectivity index (χ1n) is 6.34. The van der Waals surface area contributed by atoms with Crippen molar-refractivity contribution in [1.82, 2.24) is 4.73 Å². The SMILES string of the molecule is CC(OC(=O)On1c(O)ccc1O)c1cccc(C(F)(F)F)c1. The first kappa shape index (κ1) is 16.5. The van der Waals surface area contributed by atoms with E-state index in [1.807, 2.05) is 0 Å². The molecule has 0 aliphatic carbocycles. The summed E-state index contributed by atoms with van der Waals surface area (Å²) in [7, 11) is 0. The second-order valence-corrected chi connectivity index (χ2v) is 4.57. The van der Waals surface area contributed by atoms with Crippen molar-refractivity contribution in [3.05, 3.63) is 47.5 Å². The van der Waals surface area contributed by atoms with E-state index in [1.54, 1.807) is 0 Å². The summed E-state index contributed by atoms with van der Waals surface area (Å²) in [4.78, 5) is 16.1. The van der Waals surface area contributed by atoms with Crippen molar-refractivity contribution in [3.8, 4) is 11.8 Å². The molecule has 2 rings (SSSR count). The molecule has 0 fully saturated rings. The van der Waals surface area contributed by atoms with Crippen LogP contribution in [0.2, 0.25) is 0 Å². The molecular weight excluding hydrogens is 319 g/mol. The zero-order chi connectivity index (χ0) is 17.2. The standard InChI is InChI=1S/C14H12F3NO5/c1-8(9-3-2-4-10(7-9)14(15,16)17)22-13(21)23-18-11(19)5-6-12(18)20/h2-8,19-20H,1H3. The predicted octanol–water partition coefficient (Wildman–Crippen LogP) is 3.24. The van der Waals surface area contributed by atoms with Gasteiger partial charge in [-0.2, -0.15) is 13.2 Å². The lowest BCUT2D eigenvalue weighted by molar-refractivity contribution is -0.137. The number of carbonyl (C=O) groups is 1. The summed E-state index contributed by atoms with van der Waals surface area (Å²) in [6.07, 6.45) is -6.86. The Balaban J connectivity index is 2.07. The van der Waals surface area contributed by atoms with E-state index in [0.717, 1.165) is 24.3 Å². The fourth-order valence-electron chi connectivity index (χ4n) is 1.77. The second-order valence-electron chi connectivity index (χ2n) is 4.57. The van der Waals surface area contributed by atoms with E-state index in [0.29, 0.717) is 4.73 Å². The number of hydrogen-bond donors (Lipinski definition) is 2. The van der Waals surface area contributed by atoms with Gasteiger partial charge in [0, 0.05) is 12.1 Å². The minimum Gasteiger partial charge on any atom is -0.492 e. The van der Waals surface area contributed by atoms with E-state index in [-0.39, 0.29) is 5.56 Å². The highest BCUT2D eigenvalue weighted by Crippen LogP contribution is 2.31. The van der Waals surface area contributed by atoms with Gasteiger partial charge in [0.2, 0.25) is 11.8 Å². The number of nitrogens with zero attached hydrogens (tertiary/aromatic N) is 1. The first-order valence-corrected chi connectivity index (χ1v) is 6.34. The van der Waals surface area contributed by atoms with E-state index in [1.165, 1.54) is 19.1 Å². The molecule has 0 radical (unpaired) electrons. The third-order valence-electron chi connectivity index (χ3n) is 2.92. The van der Waals surface area contributed by atoms with Crippen LogP contribution in [0.3, 0.4) is 0 Å². The van der Waals surface area contributed by atoms with Gasteiger partial charge in [0.1, 0.15) is 6.10 Å². The first-order chi connectivity index (χ1) is 10.7. The summed E-state index contributed by atoms with van der Waals surface area (Å²) in [5.41, 5.74) is -0.766. The average molecular weight is 331 g/mol. The normalized spacial score (nSPS) is 12.7. The van der Waals surface area contributed by atoms with Gasteiger partial charge in [0.25, 0.3) is 0 Å². The highest BCUT2D eigenvalue weighted by Gasteiger charge is 2.31. The molecule has 6 nitrogen and oxygen atoms in total. The number of alkyl halides is 3. The van der Waals surface area contributed by atoms with E-state index in [2.05, 4.69) is 4.84 Å². The molecule has 1 heterocycles. The second kappa shape index (κ2) is 6.11. The van der Waals surface area contributed by atoms with Gasteiger partial charge in [-0.05, 0) is 24.6 Å². The number of benzene rings is 1. The number of halogens is 3. The molecule has 9 heteroatoms. The number of hydrogen-bond acceptors (Lipinski definition) is 5. The van der Waals surface area contributed by atoms with Crippen LogP contribution in [0.4, 0.5) is 18.0 Å². The third kappa shape index (κ3) is 3.87. The Morgan fingerprint density at radius 2 is 1.78 bits per heavy atom. The van der Waals surface area contributed by atoms with Crippen LogP contribution in [0.1, 0.15) is 24.2 Å². The largest absolute Gasteiger partial charge is 0.534 e. The van der Waals surface area contributed by atoms with Gasteiger partial charge < -0.3 is 14.9 Å². The van der Waals surface area contributed by atoms with E-state index < -0.39 is 35.8 Å². The minimum absolute atomic E-state index is 0.109. The molecule has 2 aromatic rings. The van der Waals surface area contributed by atoms with Gasteiger partial charge in [-0.25, -0.2) is 4.79 Å². The summed E-state index contributed by atoms with van der Waals surface area (Å²) in [6, 6.07) is 6.43. The molecule has 0 aliphatic rings. The molecule has 0 aliphatic heterocycles. The van der Waals surface area contributed by atoms with Crippen molar-refractivity contribution < 1.29 is 37.8 Å². The lowest BCUT2D eigenvalue weighted by Gasteiger charge is -2.15. The maximum absolute atomic E-state index is 12.6. The molecule has 23 heavy (non-hydrogen) atoms. The minimum atomic E-state index is -4.51. The summed E-state index contributed by atoms with van der Waals surface area (Å²) < 4.78 is 43.1. The van der Waals surface area contributed by atoms with Crippen LogP contribution in [0, 0.1) is 0 Å². The Hall–Kier alpha value is -2.84. The van der Waals surface area contributed by atoms with Gasteiger partial charge in [-0.3, -0.25) is 4.84 Å². The molecule has 2 N–H and O–H groups in total. The third-order valence-corrected chi connectivity index (χ3v) is 2.92. The Kier molecular flexibility index (Phi) is 4.39. The van der Waals surface area contributed by atoms with E-state index in [4.69, 9.17) is 4.74 Å². The van der Waals surface area contributed by atoms with Crippen LogP contribution >= 0.6 is 0 Å². The number of aromatic hydroxyl groups is 2. The molecule has 1 unspecified atom stereocenters. The van der Waals surface area contributed by atoms with E-state index >= 15 is 0 Å². The number of ether oxygens (including phenoxy) is 1. The maximum atomic E-state index is 12.6. The smallest absolute Gasteiger partial charge is 0.492 e. The van der Waals surface area contributed by atoms with Crippen LogP contribution in [-0.4, -0.2) is 21.1 Å². The van der Waals surface area contributed by atoms with Crippen LogP contribution < -0.4 is 4.84 Å². The molecule has 0 saturated carbocycles. The van der Waals surface area contributed by atoms with Crippen molar-refractivity contribution >= 4 is 6.16 Å². The molecular formula is C14H12F3NO5. The fourth-order valence-corrected chi connectivity index (χ4v) is 1.77. The molecule has 1 atom stereocenters. The topological polar surface area (TPSA) is 80.9 Å². The Labute approximate surface area is 128 Å². The lowest BCUT2D eigenvalue weighted by atomic mass is 10.1. The molecule has 1 aromatic carbocycles. The van der Waals surface area contributed by atoms with Gasteiger partial charge in [-0.15, -0.1) is 4.73 Å². The summed E-state index contributed by atoms with van der Waals surface area (Å²) in [5, 5.41) is 18.6. The van der Waals surface area contributed by atoms with Crippen LogP contribution in [0.5, 0.6) is 11.8 Å².